The number of H-pyrrole nitrogens is 1. The number of para-hydroxylation sites is 2. The molecule has 4 aromatic rings. The molecule has 0 bridgehead atoms. The zero-order chi connectivity index (χ0) is 20.7. The zero-order valence-electron chi connectivity index (χ0n) is 16.3. The van der Waals surface area contributed by atoms with E-state index in [1.165, 1.54) is 0 Å². The van der Waals surface area contributed by atoms with Gasteiger partial charge in [0.2, 0.25) is 0 Å². The van der Waals surface area contributed by atoms with E-state index in [0.29, 0.717) is 5.56 Å². The van der Waals surface area contributed by atoms with Crippen LogP contribution in [-0.2, 0) is 0 Å². The lowest BCUT2D eigenvalue weighted by Crippen LogP contribution is -2.40. The standard InChI is InChI=1S/C24H19BrN4O/c1-15-6-2-3-7-18(15)24(30)29-22(23-26-19-8-4-5-9-20(19)27-23)14-21(28-29)16-10-12-17(25)13-11-16/h2-14,22,28H,1H3,(H,26,27). The van der Waals surface area contributed by atoms with Crippen LogP contribution in [0.5, 0.6) is 0 Å². The maximum absolute atomic E-state index is 13.5. The van der Waals surface area contributed by atoms with Crippen LogP contribution in [-0.4, -0.2) is 20.9 Å². The molecule has 1 atom stereocenters. The van der Waals surface area contributed by atoms with Gasteiger partial charge < -0.3 is 4.98 Å². The van der Waals surface area contributed by atoms with Crippen molar-refractivity contribution in [2.24, 2.45) is 0 Å². The fourth-order valence-electron chi connectivity index (χ4n) is 3.69. The lowest BCUT2D eigenvalue weighted by molar-refractivity contribution is 0.0666. The first-order valence-electron chi connectivity index (χ1n) is 9.68. The molecule has 1 aromatic heterocycles. The molecule has 0 saturated carbocycles. The minimum Gasteiger partial charge on any atom is -0.340 e. The lowest BCUT2D eigenvalue weighted by Gasteiger charge is -2.24. The Kier molecular flexibility index (Phi) is 4.64. The number of nitrogens with one attached hydrogen (secondary N) is 2. The number of amides is 1. The van der Waals surface area contributed by atoms with Crippen molar-refractivity contribution in [1.29, 1.82) is 0 Å². The summed E-state index contributed by atoms with van der Waals surface area (Å²) in [5.41, 5.74) is 8.60. The molecule has 0 radical (unpaired) electrons. The number of carbonyl (C=O) groups excluding carboxylic acids is 1. The highest BCUT2D eigenvalue weighted by atomic mass is 79.9. The number of aromatic amines is 1. The minimum atomic E-state index is -0.358. The Bertz CT molecular complexity index is 1240. The van der Waals surface area contributed by atoms with E-state index in [0.717, 1.165) is 38.2 Å². The van der Waals surface area contributed by atoms with Gasteiger partial charge in [-0.25, -0.2) is 9.99 Å². The molecule has 30 heavy (non-hydrogen) atoms. The van der Waals surface area contributed by atoms with Crippen LogP contribution in [0, 0.1) is 6.92 Å². The second-order valence-electron chi connectivity index (χ2n) is 7.27. The quantitative estimate of drug-likeness (QED) is 0.433. The predicted molar refractivity (Wildman–Crippen MR) is 121 cm³/mol. The summed E-state index contributed by atoms with van der Waals surface area (Å²) in [6, 6.07) is 23.1. The largest absolute Gasteiger partial charge is 0.340 e. The summed E-state index contributed by atoms with van der Waals surface area (Å²) in [6.45, 7) is 1.95. The van der Waals surface area contributed by atoms with Crippen LogP contribution in [0.25, 0.3) is 16.7 Å². The van der Waals surface area contributed by atoms with E-state index in [-0.39, 0.29) is 11.9 Å². The average molecular weight is 459 g/mol. The van der Waals surface area contributed by atoms with Gasteiger partial charge in [0, 0.05) is 10.0 Å². The Morgan fingerprint density at radius 3 is 2.50 bits per heavy atom. The summed E-state index contributed by atoms with van der Waals surface area (Å²) in [6.07, 6.45) is 2.04. The van der Waals surface area contributed by atoms with E-state index in [1.807, 2.05) is 85.8 Å². The van der Waals surface area contributed by atoms with Gasteiger partial charge in [0.15, 0.2) is 0 Å². The molecule has 1 unspecified atom stereocenters. The van der Waals surface area contributed by atoms with Crippen LogP contribution in [0.3, 0.4) is 0 Å². The summed E-state index contributed by atoms with van der Waals surface area (Å²) in [5.74, 6) is 0.625. The van der Waals surface area contributed by atoms with Gasteiger partial charge in [-0.1, -0.05) is 58.4 Å². The molecule has 148 valence electrons. The number of aryl methyl sites for hydroxylation is 1. The summed E-state index contributed by atoms with van der Waals surface area (Å²) in [4.78, 5) is 21.6. The first-order chi connectivity index (χ1) is 14.6. The fraction of sp³-hybridized carbons (Fsp3) is 0.0833. The van der Waals surface area contributed by atoms with E-state index in [1.54, 1.807) is 5.01 Å². The van der Waals surface area contributed by atoms with Gasteiger partial charge in [-0.3, -0.25) is 10.2 Å². The monoisotopic (exact) mass is 458 g/mol. The number of rotatable bonds is 3. The van der Waals surface area contributed by atoms with Crippen LogP contribution >= 0.6 is 15.9 Å². The van der Waals surface area contributed by atoms with E-state index >= 15 is 0 Å². The molecule has 6 heteroatoms. The molecule has 0 aliphatic carbocycles. The second-order valence-corrected chi connectivity index (χ2v) is 8.19. The number of hydrazine groups is 1. The molecule has 3 aromatic carbocycles. The zero-order valence-corrected chi connectivity index (χ0v) is 17.8. The molecule has 1 amide bonds. The molecule has 5 rings (SSSR count). The van der Waals surface area contributed by atoms with E-state index < -0.39 is 0 Å². The Morgan fingerprint density at radius 2 is 1.73 bits per heavy atom. The molecule has 2 N–H and O–H groups in total. The highest BCUT2D eigenvalue weighted by Crippen LogP contribution is 2.32. The number of carbonyl (C=O) groups is 1. The van der Waals surface area contributed by atoms with Gasteiger partial charge in [-0.15, -0.1) is 0 Å². The smallest absolute Gasteiger partial charge is 0.273 e. The summed E-state index contributed by atoms with van der Waals surface area (Å²) < 4.78 is 1.01. The molecule has 0 spiro atoms. The van der Waals surface area contributed by atoms with Gasteiger partial charge in [0.05, 0.1) is 16.7 Å². The first kappa shape index (κ1) is 18.6. The first-order valence-corrected chi connectivity index (χ1v) is 10.5. The van der Waals surface area contributed by atoms with Gasteiger partial charge in [0.1, 0.15) is 11.9 Å². The molecular formula is C24H19BrN4O. The van der Waals surface area contributed by atoms with Gasteiger partial charge in [-0.2, -0.15) is 0 Å². The van der Waals surface area contributed by atoms with Crippen molar-refractivity contribution in [3.63, 3.8) is 0 Å². The van der Waals surface area contributed by atoms with Crippen molar-refractivity contribution in [3.05, 3.63) is 106 Å². The lowest BCUT2D eigenvalue weighted by atomic mass is 10.1. The summed E-state index contributed by atoms with van der Waals surface area (Å²) in [5, 5.41) is 1.65. The minimum absolute atomic E-state index is 0.0954. The number of halogens is 1. The Labute approximate surface area is 182 Å². The van der Waals surface area contributed by atoms with E-state index in [9.17, 15) is 4.79 Å². The molecule has 5 nitrogen and oxygen atoms in total. The van der Waals surface area contributed by atoms with E-state index in [2.05, 4.69) is 26.3 Å². The normalized spacial score (nSPS) is 15.9. The van der Waals surface area contributed by atoms with Gasteiger partial charge in [0.25, 0.3) is 5.91 Å². The molecule has 0 saturated heterocycles. The van der Waals surface area contributed by atoms with Gasteiger partial charge >= 0.3 is 0 Å². The van der Waals surface area contributed by atoms with Crippen molar-refractivity contribution < 1.29 is 4.79 Å². The number of nitrogens with zero attached hydrogens (tertiary/aromatic N) is 2. The average Bonchev–Trinajstić information content (AvgIpc) is 3.38. The maximum Gasteiger partial charge on any atom is 0.273 e. The maximum atomic E-state index is 13.5. The SMILES string of the molecule is Cc1ccccc1C(=O)N1NC(c2ccc(Br)cc2)=CC1c1nc2ccccc2[nH]1. The third-order valence-electron chi connectivity index (χ3n) is 5.28. The molecule has 1 aliphatic heterocycles. The van der Waals surface area contributed by atoms with Crippen LogP contribution in [0.15, 0.2) is 83.3 Å². The number of hydrogen-bond donors (Lipinski definition) is 2. The Balaban J connectivity index is 1.58. The van der Waals surface area contributed by atoms with Crippen molar-refractivity contribution in [2.45, 2.75) is 13.0 Å². The molecule has 1 aliphatic rings. The van der Waals surface area contributed by atoms with Crippen molar-refractivity contribution in [3.8, 4) is 0 Å². The predicted octanol–water partition coefficient (Wildman–Crippen LogP) is 5.38. The third-order valence-corrected chi connectivity index (χ3v) is 5.81. The topological polar surface area (TPSA) is 61.0 Å². The molecule has 0 fully saturated rings. The number of imidazole rings is 1. The van der Waals surface area contributed by atoms with Crippen LogP contribution in [0.4, 0.5) is 0 Å². The second kappa shape index (κ2) is 7.46. The molecule has 2 heterocycles. The van der Waals surface area contributed by atoms with Gasteiger partial charge in [-0.05, 0) is 54.5 Å². The highest BCUT2D eigenvalue weighted by molar-refractivity contribution is 9.10. The van der Waals surface area contributed by atoms with Crippen molar-refractivity contribution in [1.82, 2.24) is 20.4 Å². The number of hydrogen-bond acceptors (Lipinski definition) is 3. The summed E-state index contributed by atoms with van der Waals surface area (Å²) in [7, 11) is 0. The Morgan fingerprint density at radius 1 is 1.00 bits per heavy atom. The van der Waals surface area contributed by atoms with Crippen LogP contribution < -0.4 is 5.43 Å². The summed E-state index contributed by atoms with van der Waals surface area (Å²) >= 11 is 3.48. The number of aromatic nitrogens is 2. The van der Waals surface area contributed by atoms with Crippen molar-refractivity contribution >= 4 is 38.6 Å². The third kappa shape index (κ3) is 3.29. The number of fused-ring (bicyclic) bond motifs is 1. The molecular weight excluding hydrogens is 440 g/mol. The van der Waals surface area contributed by atoms with Crippen LogP contribution in [0.2, 0.25) is 0 Å². The van der Waals surface area contributed by atoms with Crippen molar-refractivity contribution in [2.75, 3.05) is 0 Å². The Hall–Kier alpha value is -3.38. The van der Waals surface area contributed by atoms with Crippen LogP contribution in [0.1, 0.15) is 33.4 Å². The fourth-order valence-corrected chi connectivity index (χ4v) is 3.96. The highest BCUT2D eigenvalue weighted by Gasteiger charge is 2.34. The van der Waals surface area contributed by atoms with E-state index in [4.69, 9.17) is 4.98 Å². The number of benzene rings is 3.